The summed E-state index contributed by atoms with van der Waals surface area (Å²) in [5.41, 5.74) is 0. The molecule has 1 aliphatic rings. The Kier molecular flexibility index (Phi) is 1.94. The van der Waals surface area contributed by atoms with E-state index in [1.54, 1.807) is 0 Å². The molecular formula is C5H9NO3S. The first-order valence-corrected chi connectivity index (χ1v) is 4.86. The van der Waals surface area contributed by atoms with Gasteiger partial charge in [0.2, 0.25) is 6.41 Å². The zero-order valence-electron chi connectivity index (χ0n) is 5.41. The van der Waals surface area contributed by atoms with Crippen LogP contribution in [-0.2, 0) is 14.6 Å². The SMILES string of the molecule is O=CNC1CCS(=O)(=O)C1. The maximum Gasteiger partial charge on any atom is 0.207 e. The van der Waals surface area contributed by atoms with Gasteiger partial charge in [0.15, 0.2) is 9.84 Å². The molecule has 0 aliphatic carbocycles. The Morgan fingerprint density at radius 1 is 1.50 bits per heavy atom. The van der Waals surface area contributed by atoms with Gasteiger partial charge in [-0.05, 0) is 6.42 Å². The predicted octanol–water partition coefficient (Wildman–Crippen LogP) is -1.08. The molecule has 1 N–H and O–H groups in total. The molecule has 1 unspecified atom stereocenters. The van der Waals surface area contributed by atoms with Gasteiger partial charge in [-0.15, -0.1) is 0 Å². The van der Waals surface area contributed by atoms with Crippen molar-refractivity contribution in [3.05, 3.63) is 0 Å². The summed E-state index contributed by atoms with van der Waals surface area (Å²) in [5, 5.41) is 2.44. The van der Waals surface area contributed by atoms with Gasteiger partial charge < -0.3 is 5.32 Å². The predicted molar refractivity (Wildman–Crippen MR) is 36.3 cm³/mol. The molecular weight excluding hydrogens is 154 g/mol. The van der Waals surface area contributed by atoms with Crippen molar-refractivity contribution < 1.29 is 13.2 Å². The Bertz CT molecular complexity index is 221. The van der Waals surface area contributed by atoms with Gasteiger partial charge in [-0.25, -0.2) is 8.42 Å². The molecule has 1 fully saturated rings. The number of carbonyl (C=O) groups excluding carboxylic acids is 1. The second-order valence-electron chi connectivity index (χ2n) is 2.38. The highest BCUT2D eigenvalue weighted by molar-refractivity contribution is 7.91. The van der Waals surface area contributed by atoms with Crippen molar-refractivity contribution >= 4 is 16.2 Å². The highest BCUT2D eigenvalue weighted by Gasteiger charge is 2.26. The van der Waals surface area contributed by atoms with Crippen LogP contribution in [0.2, 0.25) is 0 Å². The summed E-state index contributed by atoms with van der Waals surface area (Å²) >= 11 is 0. The molecule has 1 amide bonds. The molecule has 0 aromatic rings. The van der Waals surface area contributed by atoms with Gasteiger partial charge in [0.05, 0.1) is 11.5 Å². The average Bonchev–Trinajstić information content (AvgIpc) is 2.12. The molecule has 0 bridgehead atoms. The van der Waals surface area contributed by atoms with E-state index in [4.69, 9.17) is 0 Å². The normalized spacial score (nSPS) is 29.8. The third kappa shape index (κ3) is 1.70. The summed E-state index contributed by atoms with van der Waals surface area (Å²) in [7, 11) is -2.84. The molecule has 0 spiro atoms. The zero-order valence-corrected chi connectivity index (χ0v) is 6.23. The summed E-state index contributed by atoms with van der Waals surface area (Å²) in [6.45, 7) is 0. The standard InChI is InChI=1S/C5H9NO3S/c7-4-6-5-1-2-10(8,9)3-5/h4-5H,1-3H2,(H,6,7). The Labute approximate surface area is 59.5 Å². The van der Waals surface area contributed by atoms with Crippen LogP contribution in [0.1, 0.15) is 6.42 Å². The number of amides is 1. The lowest BCUT2D eigenvalue weighted by Crippen LogP contribution is -2.28. The number of nitrogens with one attached hydrogen (secondary N) is 1. The molecule has 4 nitrogen and oxygen atoms in total. The average molecular weight is 163 g/mol. The van der Waals surface area contributed by atoms with Gasteiger partial charge in [-0.2, -0.15) is 0 Å². The number of hydrogen-bond donors (Lipinski definition) is 1. The lowest BCUT2D eigenvalue weighted by molar-refractivity contribution is -0.110. The molecule has 10 heavy (non-hydrogen) atoms. The molecule has 0 radical (unpaired) electrons. The number of hydrogen-bond acceptors (Lipinski definition) is 3. The topological polar surface area (TPSA) is 63.2 Å². The highest BCUT2D eigenvalue weighted by Crippen LogP contribution is 2.09. The maximum atomic E-state index is 10.8. The largest absolute Gasteiger partial charge is 0.355 e. The van der Waals surface area contributed by atoms with E-state index in [-0.39, 0.29) is 17.5 Å². The monoisotopic (exact) mass is 163 g/mol. The van der Waals surface area contributed by atoms with E-state index in [2.05, 4.69) is 5.32 Å². The second-order valence-corrected chi connectivity index (χ2v) is 4.61. The first-order valence-electron chi connectivity index (χ1n) is 3.04. The third-order valence-corrected chi connectivity index (χ3v) is 3.30. The molecule has 0 aromatic carbocycles. The first kappa shape index (κ1) is 7.53. The van der Waals surface area contributed by atoms with Gasteiger partial charge in [-0.1, -0.05) is 0 Å². The van der Waals surface area contributed by atoms with Crippen molar-refractivity contribution in [2.75, 3.05) is 11.5 Å². The van der Waals surface area contributed by atoms with E-state index in [9.17, 15) is 13.2 Å². The fourth-order valence-electron chi connectivity index (χ4n) is 1.02. The van der Waals surface area contributed by atoms with Crippen molar-refractivity contribution in [3.8, 4) is 0 Å². The van der Waals surface area contributed by atoms with Crippen LogP contribution < -0.4 is 5.32 Å². The number of carbonyl (C=O) groups is 1. The third-order valence-electron chi connectivity index (χ3n) is 1.54. The quantitative estimate of drug-likeness (QED) is 0.527. The van der Waals surface area contributed by atoms with Crippen LogP contribution in [0.4, 0.5) is 0 Å². The minimum atomic E-state index is -2.84. The summed E-state index contributed by atoms with van der Waals surface area (Å²) in [6, 6.07) is -0.150. The van der Waals surface area contributed by atoms with Crippen molar-refractivity contribution in [1.29, 1.82) is 0 Å². The summed E-state index contributed by atoms with van der Waals surface area (Å²) in [6.07, 6.45) is 1.10. The minimum Gasteiger partial charge on any atom is -0.355 e. The van der Waals surface area contributed by atoms with E-state index in [0.717, 1.165) is 0 Å². The van der Waals surface area contributed by atoms with Gasteiger partial charge in [0.25, 0.3) is 0 Å². The molecule has 0 saturated carbocycles. The van der Waals surface area contributed by atoms with E-state index < -0.39 is 9.84 Å². The molecule has 5 heteroatoms. The Morgan fingerprint density at radius 3 is 2.60 bits per heavy atom. The van der Waals surface area contributed by atoms with Crippen LogP contribution in [-0.4, -0.2) is 32.4 Å². The summed E-state index contributed by atoms with van der Waals surface area (Å²) in [4.78, 5) is 9.87. The Balaban J connectivity index is 2.51. The summed E-state index contributed by atoms with van der Waals surface area (Å²) < 4.78 is 21.5. The van der Waals surface area contributed by atoms with Crippen molar-refractivity contribution in [3.63, 3.8) is 0 Å². The van der Waals surface area contributed by atoms with Gasteiger partial charge in [0.1, 0.15) is 0 Å². The fraction of sp³-hybridized carbons (Fsp3) is 0.800. The van der Waals surface area contributed by atoms with E-state index in [1.807, 2.05) is 0 Å². The van der Waals surface area contributed by atoms with Crippen LogP contribution in [0.25, 0.3) is 0 Å². The summed E-state index contributed by atoms with van der Waals surface area (Å²) in [5.74, 6) is 0.310. The smallest absolute Gasteiger partial charge is 0.207 e. The Morgan fingerprint density at radius 2 is 2.20 bits per heavy atom. The van der Waals surface area contributed by atoms with E-state index in [1.165, 1.54) is 0 Å². The van der Waals surface area contributed by atoms with Crippen LogP contribution in [0.5, 0.6) is 0 Å². The van der Waals surface area contributed by atoms with Gasteiger partial charge >= 0.3 is 0 Å². The first-order chi connectivity index (χ1) is 4.64. The zero-order chi connectivity index (χ0) is 7.61. The molecule has 0 aromatic heterocycles. The molecule has 1 rings (SSSR count). The molecule has 1 heterocycles. The second kappa shape index (κ2) is 2.57. The van der Waals surface area contributed by atoms with Crippen molar-refractivity contribution in [1.82, 2.24) is 5.32 Å². The number of sulfone groups is 1. The van der Waals surface area contributed by atoms with Crippen LogP contribution in [0.3, 0.4) is 0 Å². The lowest BCUT2D eigenvalue weighted by atomic mass is 10.3. The van der Waals surface area contributed by atoms with Crippen molar-refractivity contribution in [2.45, 2.75) is 12.5 Å². The molecule has 1 atom stereocenters. The number of rotatable bonds is 2. The van der Waals surface area contributed by atoms with Gasteiger partial charge in [-0.3, -0.25) is 4.79 Å². The van der Waals surface area contributed by atoms with Crippen LogP contribution >= 0.6 is 0 Å². The lowest BCUT2D eigenvalue weighted by Gasteiger charge is -2.02. The Hall–Kier alpha value is -0.580. The van der Waals surface area contributed by atoms with Gasteiger partial charge in [0, 0.05) is 6.04 Å². The minimum absolute atomic E-state index is 0.103. The molecule has 58 valence electrons. The van der Waals surface area contributed by atoms with Crippen LogP contribution in [0, 0.1) is 0 Å². The van der Waals surface area contributed by atoms with Crippen LogP contribution in [0.15, 0.2) is 0 Å². The van der Waals surface area contributed by atoms with E-state index >= 15 is 0 Å². The van der Waals surface area contributed by atoms with E-state index in [0.29, 0.717) is 12.8 Å². The fourth-order valence-corrected chi connectivity index (χ4v) is 2.71. The maximum absolute atomic E-state index is 10.8. The molecule has 1 saturated heterocycles. The van der Waals surface area contributed by atoms with Crippen molar-refractivity contribution in [2.24, 2.45) is 0 Å². The molecule has 1 aliphatic heterocycles. The highest BCUT2D eigenvalue weighted by atomic mass is 32.2.